The normalized spacial score (nSPS) is 16.6. The lowest BCUT2D eigenvalue weighted by Crippen LogP contribution is -2.48. The summed E-state index contributed by atoms with van der Waals surface area (Å²) in [5, 5.41) is 0. The minimum atomic E-state index is -4.67. The lowest BCUT2D eigenvalue weighted by Gasteiger charge is -2.33. The van der Waals surface area contributed by atoms with E-state index < -0.39 is 12.0 Å². The number of benzene rings is 1. The molecule has 1 aromatic carbocycles. The van der Waals surface area contributed by atoms with E-state index in [1.807, 2.05) is 13.8 Å². The van der Waals surface area contributed by atoms with E-state index in [2.05, 4.69) is 4.74 Å². The molecule has 0 aromatic heterocycles. The highest BCUT2D eigenvalue weighted by atomic mass is 19.4. The molecule has 0 aliphatic carbocycles. The minimum Gasteiger partial charge on any atom is -0.406 e. The van der Waals surface area contributed by atoms with Gasteiger partial charge in [-0.25, -0.2) is 0 Å². The van der Waals surface area contributed by atoms with Crippen LogP contribution in [0.3, 0.4) is 0 Å². The van der Waals surface area contributed by atoms with Crippen molar-refractivity contribution in [1.82, 2.24) is 0 Å². The Balaban J connectivity index is 2.70. The van der Waals surface area contributed by atoms with Crippen molar-refractivity contribution < 1.29 is 22.6 Å². The Morgan fingerprint density at radius 2 is 1.75 bits per heavy atom. The first kappa shape index (κ1) is 16.8. The molecule has 3 nitrogen and oxygen atoms in total. The van der Waals surface area contributed by atoms with E-state index in [0.29, 0.717) is 6.42 Å². The van der Waals surface area contributed by atoms with E-state index in [0.717, 1.165) is 12.0 Å². The molecule has 1 aromatic rings. The Morgan fingerprint density at radius 3 is 2.15 bits per heavy atom. The highest BCUT2D eigenvalue weighted by Crippen LogP contribution is 2.24. The van der Waals surface area contributed by atoms with Crippen LogP contribution in [0.4, 0.5) is 13.2 Å². The molecule has 0 fully saturated rings. The Hall–Kier alpha value is -1.27. The van der Waals surface area contributed by atoms with Crippen molar-refractivity contribution in [2.45, 2.75) is 44.7 Å². The van der Waals surface area contributed by atoms with Crippen molar-refractivity contribution in [3.8, 4) is 5.75 Å². The molecule has 0 bridgehead atoms. The van der Waals surface area contributed by atoms with Crippen LogP contribution in [0.1, 0.15) is 25.8 Å². The van der Waals surface area contributed by atoms with Crippen molar-refractivity contribution in [1.29, 1.82) is 0 Å². The number of halogens is 3. The van der Waals surface area contributed by atoms with Gasteiger partial charge in [-0.1, -0.05) is 19.1 Å². The number of nitrogens with two attached hydrogens (primary N) is 1. The van der Waals surface area contributed by atoms with E-state index in [-0.39, 0.29) is 11.8 Å². The van der Waals surface area contributed by atoms with Gasteiger partial charge in [-0.15, -0.1) is 13.2 Å². The van der Waals surface area contributed by atoms with E-state index in [9.17, 15) is 13.2 Å². The molecule has 0 saturated carbocycles. The molecule has 0 saturated heterocycles. The van der Waals surface area contributed by atoms with Gasteiger partial charge < -0.3 is 15.2 Å². The molecule has 0 aliphatic rings. The zero-order chi connectivity index (χ0) is 15.4. The number of alkyl halides is 3. The smallest absolute Gasteiger partial charge is 0.406 e. The second-order valence-corrected chi connectivity index (χ2v) is 4.87. The molecule has 0 amide bonds. The first-order valence-electron chi connectivity index (χ1n) is 6.35. The molecule has 6 heteroatoms. The van der Waals surface area contributed by atoms with Crippen molar-refractivity contribution in [2.24, 2.45) is 5.73 Å². The molecule has 20 heavy (non-hydrogen) atoms. The Labute approximate surface area is 116 Å². The van der Waals surface area contributed by atoms with Crippen molar-refractivity contribution in [3.63, 3.8) is 0 Å². The molecular formula is C14H20F3NO2. The predicted molar refractivity (Wildman–Crippen MR) is 70.5 cm³/mol. The molecule has 2 unspecified atom stereocenters. The maximum Gasteiger partial charge on any atom is 0.573 e. The molecular weight excluding hydrogens is 271 g/mol. The molecule has 1 rings (SSSR count). The first-order chi connectivity index (χ1) is 9.20. The molecule has 0 heterocycles. The van der Waals surface area contributed by atoms with Crippen molar-refractivity contribution >= 4 is 0 Å². The number of rotatable bonds is 6. The Bertz CT molecular complexity index is 413. The highest BCUT2D eigenvalue weighted by molar-refractivity contribution is 5.28. The third-order valence-electron chi connectivity index (χ3n) is 3.57. The monoisotopic (exact) mass is 291 g/mol. The molecule has 0 radical (unpaired) electrons. The number of methoxy groups -OCH3 is 1. The summed E-state index contributed by atoms with van der Waals surface area (Å²) >= 11 is 0. The number of hydrogen-bond acceptors (Lipinski definition) is 3. The molecule has 0 aliphatic heterocycles. The van der Waals surface area contributed by atoms with Crippen LogP contribution in [0.15, 0.2) is 24.3 Å². The van der Waals surface area contributed by atoms with Gasteiger partial charge in [-0.2, -0.15) is 0 Å². The fourth-order valence-corrected chi connectivity index (χ4v) is 1.85. The highest BCUT2D eigenvalue weighted by Gasteiger charge is 2.31. The summed E-state index contributed by atoms with van der Waals surface area (Å²) < 4.78 is 45.4. The maximum atomic E-state index is 12.0. The van der Waals surface area contributed by atoms with Gasteiger partial charge >= 0.3 is 6.36 Å². The lowest BCUT2D eigenvalue weighted by atomic mass is 9.89. The fraction of sp³-hybridized carbons (Fsp3) is 0.571. The van der Waals surface area contributed by atoms with E-state index in [1.165, 1.54) is 12.1 Å². The topological polar surface area (TPSA) is 44.5 Å². The van der Waals surface area contributed by atoms with Crippen LogP contribution in [0.5, 0.6) is 5.75 Å². The van der Waals surface area contributed by atoms with Crippen LogP contribution in [-0.2, 0) is 11.2 Å². The number of hydrogen-bond donors (Lipinski definition) is 1. The van der Waals surface area contributed by atoms with Gasteiger partial charge in [0, 0.05) is 13.2 Å². The second-order valence-electron chi connectivity index (χ2n) is 4.87. The minimum absolute atomic E-state index is 0.236. The molecule has 114 valence electrons. The summed E-state index contributed by atoms with van der Waals surface area (Å²) in [6.45, 7) is 3.89. The third-order valence-corrected chi connectivity index (χ3v) is 3.57. The van der Waals surface area contributed by atoms with Gasteiger partial charge in [-0.3, -0.25) is 0 Å². The Kier molecular flexibility index (Phi) is 5.42. The number of ether oxygens (including phenoxy) is 2. The van der Waals surface area contributed by atoms with Crippen LogP contribution in [0, 0.1) is 0 Å². The third kappa shape index (κ3) is 4.68. The van der Waals surface area contributed by atoms with Gasteiger partial charge in [0.2, 0.25) is 0 Å². The van der Waals surface area contributed by atoms with Crippen LogP contribution in [0.25, 0.3) is 0 Å². The second kappa shape index (κ2) is 6.45. The zero-order valence-electron chi connectivity index (χ0n) is 11.8. The van der Waals surface area contributed by atoms with E-state index >= 15 is 0 Å². The maximum absolute atomic E-state index is 12.0. The molecule has 2 N–H and O–H groups in total. The average molecular weight is 291 g/mol. The average Bonchev–Trinajstić information content (AvgIpc) is 2.38. The van der Waals surface area contributed by atoms with Crippen LogP contribution in [-0.4, -0.2) is 25.1 Å². The van der Waals surface area contributed by atoms with Crippen molar-refractivity contribution in [2.75, 3.05) is 7.11 Å². The van der Waals surface area contributed by atoms with Gasteiger partial charge in [0.1, 0.15) is 5.75 Å². The molecule has 2 atom stereocenters. The van der Waals surface area contributed by atoms with Crippen LogP contribution in [0.2, 0.25) is 0 Å². The zero-order valence-corrected chi connectivity index (χ0v) is 11.8. The standard InChI is InChI=1S/C14H20F3NO2/c1-4-13(2,19-3)12(18)9-10-5-7-11(8-6-10)20-14(15,16)17/h5-8,12H,4,9,18H2,1-3H3. The quantitative estimate of drug-likeness (QED) is 0.875. The van der Waals surface area contributed by atoms with Gasteiger partial charge in [-0.05, 0) is 37.5 Å². The van der Waals surface area contributed by atoms with Crippen LogP contribution >= 0.6 is 0 Å². The summed E-state index contributed by atoms with van der Waals surface area (Å²) in [5.74, 6) is -0.236. The summed E-state index contributed by atoms with van der Waals surface area (Å²) in [5.41, 5.74) is 6.49. The van der Waals surface area contributed by atoms with Gasteiger partial charge in [0.05, 0.1) is 5.60 Å². The van der Waals surface area contributed by atoms with E-state index in [4.69, 9.17) is 10.5 Å². The lowest BCUT2D eigenvalue weighted by molar-refractivity contribution is -0.274. The summed E-state index contributed by atoms with van der Waals surface area (Å²) in [4.78, 5) is 0. The van der Waals surface area contributed by atoms with Gasteiger partial charge in [0.25, 0.3) is 0 Å². The summed E-state index contributed by atoms with van der Waals surface area (Å²) in [6.07, 6.45) is -3.40. The predicted octanol–water partition coefficient (Wildman–Crippen LogP) is 3.27. The SMILES string of the molecule is CCC(C)(OC)C(N)Cc1ccc(OC(F)(F)F)cc1. The largest absolute Gasteiger partial charge is 0.573 e. The van der Waals surface area contributed by atoms with Crippen molar-refractivity contribution in [3.05, 3.63) is 29.8 Å². The van der Waals surface area contributed by atoms with Crippen LogP contribution < -0.4 is 10.5 Å². The Morgan fingerprint density at radius 1 is 1.20 bits per heavy atom. The van der Waals surface area contributed by atoms with Gasteiger partial charge in [0.15, 0.2) is 0 Å². The molecule has 0 spiro atoms. The van der Waals surface area contributed by atoms with E-state index in [1.54, 1.807) is 19.2 Å². The summed E-state index contributed by atoms with van der Waals surface area (Å²) in [7, 11) is 1.60. The fourth-order valence-electron chi connectivity index (χ4n) is 1.85. The first-order valence-corrected chi connectivity index (χ1v) is 6.35. The summed E-state index contributed by atoms with van der Waals surface area (Å²) in [6, 6.07) is 5.48.